The van der Waals surface area contributed by atoms with Crippen LogP contribution in [0.15, 0.2) is 73.1 Å². The Hall–Kier alpha value is -4.66. The number of nitrogens with one attached hydrogen (secondary N) is 1. The lowest BCUT2D eigenvalue weighted by Crippen LogP contribution is -2.41. The van der Waals surface area contributed by atoms with Gasteiger partial charge in [-0.2, -0.15) is 5.10 Å². The monoisotopic (exact) mass is 595 g/mol. The van der Waals surface area contributed by atoms with Crippen LogP contribution in [-0.4, -0.2) is 49.8 Å². The molecule has 0 radical (unpaired) electrons. The van der Waals surface area contributed by atoms with Crippen molar-refractivity contribution >= 4 is 17.1 Å². The number of hydrogen-bond acceptors (Lipinski definition) is 5. The van der Waals surface area contributed by atoms with E-state index < -0.39 is 5.60 Å². The number of aromatic amines is 1. The molecule has 0 aliphatic carbocycles. The molecule has 1 saturated heterocycles. The highest BCUT2D eigenvalue weighted by atomic mass is 19.1. The summed E-state index contributed by atoms with van der Waals surface area (Å²) in [6.07, 6.45) is 6.62. The molecule has 6 rings (SSSR count). The Morgan fingerprint density at radius 2 is 1.48 bits per heavy atom. The standard InChI is InChI=1S/C35H35F2N5O2/c1-35(2,3)44-34(43)42-20-16-22(17-21-42)4-13-28-31-29(23-5-9-26(36)10-6-23)30(24-14-18-38-19-15-24)32(39-33(31)41-40-28)25-7-11-27(37)12-8-25/h5-12,14-15,18-19,22H,4,13,16-17,20-21H2,1-3H3,(H,39,40,41). The molecule has 1 N–H and O–H groups in total. The van der Waals surface area contributed by atoms with Gasteiger partial charge in [0, 0.05) is 47.9 Å². The van der Waals surface area contributed by atoms with Crippen LogP contribution in [0, 0.1) is 17.6 Å². The van der Waals surface area contributed by atoms with Crippen molar-refractivity contribution in [1.29, 1.82) is 0 Å². The lowest BCUT2D eigenvalue weighted by atomic mass is 9.87. The number of fused-ring (bicyclic) bond motifs is 1. The average Bonchev–Trinajstić information content (AvgIpc) is 3.42. The number of piperidine rings is 1. The summed E-state index contributed by atoms with van der Waals surface area (Å²) in [6.45, 7) is 6.97. The van der Waals surface area contributed by atoms with Crippen molar-refractivity contribution in [2.45, 2.75) is 52.1 Å². The van der Waals surface area contributed by atoms with Crippen LogP contribution in [0.1, 0.15) is 45.7 Å². The third kappa shape index (κ3) is 6.32. The Morgan fingerprint density at radius 3 is 2.09 bits per heavy atom. The van der Waals surface area contributed by atoms with Crippen molar-refractivity contribution in [3.8, 4) is 33.5 Å². The number of aryl methyl sites for hydroxylation is 1. The first-order valence-electron chi connectivity index (χ1n) is 15.0. The van der Waals surface area contributed by atoms with Crippen LogP contribution in [0.3, 0.4) is 0 Å². The molecule has 7 nitrogen and oxygen atoms in total. The summed E-state index contributed by atoms with van der Waals surface area (Å²) < 4.78 is 33.6. The number of ether oxygens (including phenoxy) is 1. The van der Waals surface area contributed by atoms with Crippen LogP contribution in [0.5, 0.6) is 0 Å². The van der Waals surface area contributed by atoms with Crippen molar-refractivity contribution < 1.29 is 18.3 Å². The maximum absolute atomic E-state index is 14.1. The number of carbonyl (C=O) groups is 1. The highest BCUT2D eigenvalue weighted by Gasteiger charge is 2.28. The molecular weight excluding hydrogens is 560 g/mol. The van der Waals surface area contributed by atoms with E-state index in [1.54, 1.807) is 41.6 Å². The van der Waals surface area contributed by atoms with E-state index >= 15 is 0 Å². The molecule has 9 heteroatoms. The SMILES string of the molecule is CC(C)(C)OC(=O)N1CCC(CCc2[nH]nc3nc(-c4ccc(F)cc4)c(-c4ccncc4)c(-c4ccc(F)cc4)c23)CC1. The zero-order valence-corrected chi connectivity index (χ0v) is 25.1. The Kier molecular flexibility index (Phi) is 8.12. The topological polar surface area (TPSA) is 84.0 Å². The van der Waals surface area contributed by atoms with Crippen molar-refractivity contribution in [2.75, 3.05) is 13.1 Å². The van der Waals surface area contributed by atoms with Gasteiger partial charge < -0.3 is 9.64 Å². The van der Waals surface area contributed by atoms with Crippen LogP contribution >= 0.6 is 0 Å². The predicted molar refractivity (Wildman–Crippen MR) is 167 cm³/mol. The molecule has 1 aliphatic heterocycles. The van der Waals surface area contributed by atoms with Crippen LogP contribution < -0.4 is 0 Å². The summed E-state index contributed by atoms with van der Waals surface area (Å²) in [7, 11) is 0. The molecular formula is C35H35F2N5O2. The zero-order valence-electron chi connectivity index (χ0n) is 25.1. The van der Waals surface area contributed by atoms with Gasteiger partial charge in [-0.05, 0) is 112 Å². The minimum atomic E-state index is -0.516. The largest absolute Gasteiger partial charge is 0.444 e. The minimum absolute atomic E-state index is 0.258. The summed E-state index contributed by atoms with van der Waals surface area (Å²) in [4.78, 5) is 23.6. The lowest BCUT2D eigenvalue weighted by Gasteiger charge is -2.33. The van der Waals surface area contributed by atoms with Crippen molar-refractivity contribution in [1.82, 2.24) is 25.1 Å². The van der Waals surface area contributed by atoms with Gasteiger partial charge in [-0.15, -0.1) is 0 Å². The molecule has 1 aliphatic rings. The van der Waals surface area contributed by atoms with Crippen molar-refractivity contribution in [3.05, 3.63) is 90.4 Å². The van der Waals surface area contributed by atoms with Crippen molar-refractivity contribution in [2.24, 2.45) is 5.92 Å². The van der Waals surface area contributed by atoms with Crippen molar-refractivity contribution in [3.63, 3.8) is 0 Å². The number of benzene rings is 2. The summed E-state index contributed by atoms with van der Waals surface area (Å²) in [5, 5.41) is 8.75. The number of hydrogen-bond donors (Lipinski definition) is 1. The Bertz CT molecular complexity index is 1760. The van der Waals surface area contributed by atoms with Gasteiger partial charge in [0.05, 0.1) is 11.1 Å². The van der Waals surface area contributed by atoms with E-state index in [2.05, 4.69) is 15.2 Å². The fraction of sp³-hybridized carbons (Fsp3) is 0.314. The number of nitrogens with zero attached hydrogens (tertiary/aromatic N) is 4. The maximum Gasteiger partial charge on any atom is 0.410 e. The first-order valence-corrected chi connectivity index (χ1v) is 15.0. The van der Waals surface area contributed by atoms with E-state index in [1.807, 2.05) is 32.9 Å². The highest BCUT2D eigenvalue weighted by Crippen LogP contribution is 2.44. The summed E-state index contributed by atoms with van der Waals surface area (Å²) in [6, 6.07) is 16.5. The predicted octanol–water partition coefficient (Wildman–Crippen LogP) is 8.21. The molecule has 4 heterocycles. The van der Waals surface area contributed by atoms with Gasteiger partial charge in [0.2, 0.25) is 0 Å². The number of H-pyrrole nitrogens is 1. The second kappa shape index (κ2) is 12.1. The average molecular weight is 596 g/mol. The number of pyridine rings is 2. The van der Waals surface area contributed by atoms with E-state index in [9.17, 15) is 13.6 Å². The lowest BCUT2D eigenvalue weighted by molar-refractivity contribution is 0.0181. The summed E-state index contributed by atoms with van der Waals surface area (Å²) in [5.74, 6) is -0.223. The number of aromatic nitrogens is 4. The fourth-order valence-electron chi connectivity index (χ4n) is 5.90. The second-order valence-electron chi connectivity index (χ2n) is 12.3. The Balaban J connectivity index is 1.39. The van der Waals surface area contributed by atoms with E-state index in [4.69, 9.17) is 9.72 Å². The van der Waals surface area contributed by atoms with E-state index in [0.717, 1.165) is 64.6 Å². The molecule has 2 aromatic carbocycles. The molecule has 0 bridgehead atoms. The molecule has 44 heavy (non-hydrogen) atoms. The van der Waals surface area contributed by atoms with E-state index in [1.165, 1.54) is 24.3 Å². The third-order valence-corrected chi connectivity index (χ3v) is 8.07. The van der Waals surface area contributed by atoms with Gasteiger partial charge in [-0.25, -0.2) is 18.6 Å². The smallest absolute Gasteiger partial charge is 0.410 e. The zero-order chi connectivity index (χ0) is 30.8. The molecule has 0 saturated carbocycles. The summed E-state index contributed by atoms with van der Waals surface area (Å²) in [5.41, 5.74) is 5.78. The Labute approximate surface area is 255 Å². The molecule has 5 aromatic rings. The minimum Gasteiger partial charge on any atom is -0.444 e. The molecule has 0 atom stereocenters. The maximum atomic E-state index is 14.1. The van der Waals surface area contributed by atoms with Crippen LogP contribution in [0.2, 0.25) is 0 Å². The fourth-order valence-corrected chi connectivity index (χ4v) is 5.90. The third-order valence-electron chi connectivity index (χ3n) is 8.07. The normalized spacial score (nSPS) is 14.2. The van der Waals surface area contributed by atoms with Crippen LogP contribution in [0.4, 0.5) is 13.6 Å². The van der Waals surface area contributed by atoms with Gasteiger partial charge in [0.25, 0.3) is 0 Å². The van der Waals surface area contributed by atoms with E-state index in [0.29, 0.717) is 30.3 Å². The summed E-state index contributed by atoms with van der Waals surface area (Å²) >= 11 is 0. The molecule has 0 unspecified atom stereocenters. The molecule has 1 amide bonds. The first-order chi connectivity index (χ1) is 21.2. The number of amides is 1. The first kappa shape index (κ1) is 29.4. The number of carbonyl (C=O) groups excluding carboxylic acids is 1. The molecule has 0 spiro atoms. The number of likely N-dealkylation sites (tertiary alicyclic amines) is 1. The molecule has 1 fully saturated rings. The second-order valence-corrected chi connectivity index (χ2v) is 12.3. The van der Waals surface area contributed by atoms with E-state index in [-0.39, 0.29) is 17.7 Å². The quantitative estimate of drug-likeness (QED) is 0.214. The van der Waals surface area contributed by atoms with Crippen LogP contribution in [0.25, 0.3) is 44.5 Å². The number of halogens is 2. The van der Waals surface area contributed by atoms with Crippen LogP contribution in [-0.2, 0) is 11.2 Å². The van der Waals surface area contributed by atoms with Gasteiger partial charge in [0.1, 0.15) is 17.2 Å². The van der Waals surface area contributed by atoms with Gasteiger partial charge in [-0.1, -0.05) is 12.1 Å². The molecule has 226 valence electrons. The highest BCUT2D eigenvalue weighted by molar-refractivity contribution is 6.07. The Morgan fingerprint density at radius 1 is 0.886 bits per heavy atom. The molecule has 3 aromatic heterocycles. The van der Waals surface area contributed by atoms with Gasteiger partial charge >= 0.3 is 6.09 Å². The van der Waals surface area contributed by atoms with Gasteiger partial charge in [-0.3, -0.25) is 10.1 Å². The van der Waals surface area contributed by atoms with Gasteiger partial charge in [0.15, 0.2) is 5.65 Å². The number of rotatable bonds is 6.